The number of anilines is 1. The molecule has 0 aliphatic carbocycles. The highest BCUT2D eigenvalue weighted by molar-refractivity contribution is 7.98. The number of nitrogens with zero attached hydrogens (tertiary/aromatic N) is 1. The molecule has 0 radical (unpaired) electrons. The second kappa shape index (κ2) is 6.90. The van der Waals surface area contributed by atoms with Gasteiger partial charge in [0.2, 0.25) is 5.91 Å². The van der Waals surface area contributed by atoms with Gasteiger partial charge in [0, 0.05) is 5.56 Å². The van der Waals surface area contributed by atoms with Crippen molar-refractivity contribution in [1.82, 2.24) is 15.5 Å². The van der Waals surface area contributed by atoms with E-state index < -0.39 is 12.1 Å². The minimum atomic E-state index is -0.711. The SMILES string of the molecule is CSCCC(NC(N)=O)C(=O)Nc1[nH]ncc1C. The Kier molecular flexibility index (Phi) is 5.50. The molecule has 1 aromatic heterocycles. The molecule has 1 atom stereocenters. The topological polar surface area (TPSA) is 113 Å². The van der Waals surface area contributed by atoms with Gasteiger partial charge in [0.25, 0.3) is 0 Å². The van der Waals surface area contributed by atoms with Crippen LogP contribution >= 0.6 is 11.8 Å². The van der Waals surface area contributed by atoms with Gasteiger partial charge in [-0.05, 0) is 25.4 Å². The lowest BCUT2D eigenvalue weighted by atomic mass is 10.2. The van der Waals surface area contributed by atoms with Crippen LogP contribution < -0.4 is 16.4 Å². The molecule has 0 saturated heterocycles. The lowest BCUT2D eigenvalue weighted by molar-refractivity contribution is -0.118. The average Bonchev–Trinajstić information content (AvgIpc) is 2.70. The number of nitrogens with two attached hydrogens (primary N) is 1. The predicted octanol–water partition coefficient (Wildman–Crippen LogP) is 0.447. The van der Waals surface area contributed by atoms with Crippen molar-refractivity contribution in [2.45, 2.75) is 19.4 Å². The Hall–Kier alpha value is -1.70. The Morgan fingerprint density at radius 2 is 2.33 bits per heavy atom. The van der Waals surface area contributed by atoms with Crippen molar-refractivity contribution in [3.63, 3.8) is 0 Å². The van der Waals surface area contributed by atoms with Gasteiger partial charge >= 0.3 is 6.03 Å². The second-order valence-electron chi connectivity index (χ2n) is 3.76. The Balaban J connectivity index is 2.63. The highest BCUT2D eigenvalue weighted by atomic mass is 32.2. The number of rotatable bonds is 6. The number of amides is 3. The fourth-order valence-electron chi connectivity index (χ4n) is 1.36. The zero-order valence-electron chi connectivity index (χ0n) is 10.3. The zero-order valence-corrected chi connectivity index (χ0v) is 11.1. The summed E-state index contributed by atoms with van der Waals surface area (Å²) in [5.74, 6) is 0.968. The molecular weight excluding hydrogens is 254 g/mol. The Labute approximate surface area is 109 Å². The first-order valence-electron chi connectivity index (χ1n) is 5.40. The van der Waals surface area contributed by atoms with Gasteiger partial charge in [-0.25, -0.2) is 4.79 Å². The zero-order chi connectivity index (χ0) is 13.5. The fraction of sp³-hybridized carbons (Fsp3) is 0.500. The van der Waals surface area contributed by atoms with Crippen LogP contribution in [0.25, 0.3) is 0 Å². The van der Waals surface area contributed by atoms with Crippen molar-refractivity contribution in [1.29, 1.82) is 0 Å². The minimum Gasteiger partial charge on any atom is -0.352 e. The number of carbonyl (C=O) groups excluding carboxylic acids is 2. The monoisotopic (exact) mass is 271 g/mol. The van der Waals surface area contributed by atoms with Gasteiger partial charge in [-0.3, -0.25) is 9.89 Å². The van der Waals surface area contributed by atoms with Crippen molar-refractivity contribution < 1.29 is 9.59 Å². The van der Waals surface area contributed by atoms with E-state index in [1.807, 2.05) is 13.2 Å². The Bertz CT molecular complexity index is 420. The minimum absolute atomic E-state index is 0.310. The number of aromatic amines is 1. The summed E-state index contributed by atoms with van der Waals surface area (Å²) < 4.78 is 0. The molecule has 7 nitrogen and oxygen atoms in total. The number of aryl methyl sites for hydroxylation is 1. The van der Waals surface area contributed by atoms with E-state index in [4.69, 9.17) is 5.73 Å². The molecule has 0 spiro atoms. The van der Waals surface area contributed by atoms with E-state index in [9.17, 15) is 9.59 Å². The van der Waals surface area contributed by atoms with Crippen molar-refractivity contribution in [3.8, 4) is 0 Å². The van der Waals surface area contributed by atoms with E-state index in [0.717, 1.165) is 11.3 Å². The van der Waals surface area contributed by atoms with Gasteiger partial charge in [0.05, 0.1) is 6.20 Å². The van der Waals surface area contributed by atoms with Crippen LogP contribution in [0.2, 0.25) is 0 Å². The maximum absolute atomic E-state index is 12.0. The van der Waals surface area contributed by atoms with Crippen LogP contribution in [0.1, 0.15) is 12.0 Å². The van der Waals surface area contributed by atoms with E-state index in [1.165, 1.54) is 0 Å². The third-order valence-corrected chi connectivity index (χ3v) is 2.96. The summed E-state index contributed by atoms with van der Waals surface area (Å²) >= 11 is 1.59. The molecule has 5 N–H and O–H groups in total. The molecule has 8 heteroatoms. The number of aromatic nitrogens is 2. The number of nitrogens with one attached hydrogen (secondary N) is 3. The quantitative estimate of drug-likeness (QED) is 0.601. The van der Waals surface area contributed by atoms with Gasteiger partial charge in [-0.2, -0.15) is 16.9 Å². The van der Waals surface area contributed by atoms with E-state index in [2.05, 4.69) is 20.8 Å². The van der Waals surface area contributed by atoms with E-state index in [-0.39, 0.29) is 5.91 Å². The van der Waals surface area contributed by atoms with Crippen LogP contribution in [-0.4, -0.2) is 40.2 Å². The number of hydrogen-bond acceptors (Lipinski definition) is 4. The summed E-state index contributed by atoms with van der Waals surface area (Å²) in [6.07, 6.45) is 4.05. The molecule has 18 heavy (non-hydrogen) atoms. The predicted molar refractivity (Wildman–Crippen MR) is 71.5 cm³/mol. The van der Waals surface area contributed by atoms with Crippen LogP contribution in [0.15, 0.2) is 6.20 Å². The first kappa shape index (κ1) is 14.4. The van der Waals surface area contributed by atoms with Gasteiger partial charge in [-0.15, -0.1) is 0 Å². The molecule has 1 unspecified atom stereocenters. The first-order valence-corrected chi connectivity index (χ1v) is 6.79. The summed E-state index contributed by atoms with van der Waals surface area (Å²) in [7, 11) is 0. The first-order chi connectivity index (χ1) is 8.54. The molecule has 3 amide bonds. The molecule has 0 fully saturated rings. The molecular formula is C10H17N5O2S. The number of primary amides is 1. The number of thioether (sulfide) groups is 1. The highest BCUT2D eigenvalue weighted by Gasteiger charge is 2.20. The lowest BCUT2D eigenvalue weighted by Gasteiger charge is -2.16. The van der Waals surface area contributed by atoms with Crippen molar-refractivity contribution in [2.24, 2.45) is 5.73 Å². The smallest absolute Gasteiger partial charge is 0.312 e. The van der Waals surface area contributed by atoms with Crippen LogP contribution in [0.5, 0.6) is 0 Å². The average molecular weight is 271 g/mol. The Morgan fingerprint density at radius 1 is 1.61 bits per heavy atom. The number of urea groups is 1. The lowest BCUT2D eigenvalue weighted by Crippen LogP contribution is -2.46. The van der Waals surface area contributed by atoms with Crippen molar-refractivity contribution in [2.75, 3.05) is 17.3 Å². The molecule has 0 saturated carbocycles. The summed E-state index contributed by atoms with van der Waals surface area (Å²) in [5.41, 5.74) is 5.87. The van der Waals surface area contributed by atoms with Gasteiger partial charge < -0.3 is 16.4 Å². The standard InChI is InChI=1S/C10H17N5O2S/c1-6-5-12-15-8(6)14-9(16)7(3-4-18-2)13-10(11)17/h5,7H,3-4H2,1-2H3,(H3,11,13,17)(H2,12,14,15,16). The molecule has 0 aliphatic rings. The molecule has 0 aromatic carbocycles. The molecule has 0 bridgehead atoms. The van der Waals surface area contributed by atoms with Gasteiger partial charge in [-0.1, -0.05) is 0 Å². The van der Waals surface area contributed by atoms with E-state index >= 15 is 0 Å². The maximum Gasteiger partial charge on any atom is 0.312 e. The van der Waals surface area contributed by atoms with Crippen LogP contribution in [0.3, 0.4) is 0 Å². The fourth-order valence-corrected chi connectivity index (χ4v) is 1.83. The van der Waals surface area contributed by atoms with Gasteiger partial charge in [0.1, 0.15) is 11.9 Å². The molecule has 1 aromatic rings. The summed E-state index contributed by atoms with van der Waals surface area (Å²) in [4.78, 5) is 22.8. The maximum atomic E-state index is 12.0. The second-order valence-corrected chi connectivity index (χ2v) is 4.75. The number of carbonyl (C=O) groups is 2. The van der Waals surface area contributed by atoms with Crippen LogP contribution in [0.4, 0.5) is 10.6 Å². The third-order valence-electron chi connectivity index (χ3n) is 2.32. The number of H-pyrrole nitrogens is 1. The molecule has 0 aliphatic heterocycles. The van der Waals surface area contributed by atoms with Crippen molar-refractivity contribution in [3.05, 3.63) is 11.8 Å². The van der Waals surface area contributed by atoms with Crippen LogP contribution in [0, 0.1) is 6.92 Å². The Morgan fingerprint density at radius 3 is 2.83 bits per heavy atom. The van der Waals surface area contributed by atoms with E-state index in [1.54, 1.807) is 18.0 Å². The van der Waals surface area contributed by atoms with Crippen LogP contribution in [-0.2, 0) is 4.79 Å². The highest BCUT2D eigenvalue weighted by Crippen LogP contribution is 2.10. The van der Waals surface area contributed by atoms with Crippen molar-refractivity contribution >= 4 is 29.5 Å². The summed E-state index contributed by atoms with van der Waals surface area (Å²) in [5, 5.41) is 11.6. The summed E-state index contributed by atoms with van der Waals surface area (Å²) in [6.45, 7) is 1.82. The largest absolute Gasteiger partial charge is 0.352 e. The van der Waals surface area contributed by atoms with E-state index in [0.29, 0.717) is 12.2 Å². The number of hydrogen-bond donors (Lipinski definition) is 4. The molecule has 1 heterocycles. The summed E-state index contributed by atoms with van der Waals surface area (Å²) in [6, 6.07) is -1.35. The molecule has 1 rings (SSSR count). The van der Waals surface area contributed by atoms with Gasteiger partial charge in [0.15, 0.2) is 0 Å². The normalized spacial score (nSPS) is 11.9. The third kappa shape index (κ3) is 4.28. The molecule has 100 valence electrons.